The molecule has 0 saturated heterocycles. The molecule has 15 heavy (non-hydrogen) atoms. The molecular weight excluding hydrogens is 241 g/mol. The van der Waals surface area contributed by atoms with Crippen molar-refractivity contribution in [2.45, 2.75) is 6.54 Å². The first kappa shape index (κ1) is 15.7. The van der Waals surface area contributed by atoms with Crippen LogP contribution in [0.3, 0.4) is 0 Å². The Kier molecular flexibility index (Phi) is 8.30. The molecule has 0 bridgehead atoms. The summed E-state index contributed by atoms with van der Waals surface area (Å²) >= 11 is 0. The topological polar surface area (TPSA) is 69.2 Å². The Balaban J connectivity index is 0.00000196. The fraction of sp³-hybridized carbons (Fsp3) is 0.333. The maximum atomic E-state index is 10.2. The normalized spacial score (nSPS) is 10.7. The van der Waals surface area contributed by atoms with Crippen LogP contribution in [0.1, 0.15) is 5.56 Å². The van der Waals surface area contributed by atoms with Crippen LogP contribution in [-0.2, 0) is 16.7 Å². The van der Waals surface area contributed by atoms with Gasteiger partial charge in [-0.1, -0.05) is 30.3 Å². The molecule has 0 fully saturated rings. The van der Waals surface area contributed by atoms with Crippen molar-refractivity contribution in [2.75, 3.05) is 12.3 Å². The van der Waals surface area contributed by atoms with E-state index in [1.54, 1.807) is 0 Å². The van der Waals surface area contributed by atoms with Gasteiger partial charge in [0, 0.05) is 13.1 Å². The monoisotopic (exact) mass is 253 g/mol. The van der Waals surface area contributed by atoms with Crippen LogP contribution in [-0.4, -0.2) is 25.3 Å². The molecule has 0 aliphatic rings. The molecule has 1 aromatic carbocycles. The summed E-state index contributed by atoms with van der Waals surface area (Å²) in [4.78, 5) is 0. The SMILES string of the molecule is O=S(=O)([O-])CCNCc1ccccc1.[K+]. The zero-order chi connectivity index (χ0) is 10.4. The van der Waals surface area contributed by atoms with E-state index in [1.165, 1.54) is 0 Å². The average Bonchev–Trinajstić information content (AvgIpc) is 2.13. The van der Waals surface area contributed by atoms with Crippen molar-refractivity contribution in [3.05, 3.63) is 35.9 Å². The van der Waals surface area contributed by atoms with E-state index in [2.05, 4.69) is 5.32 Å². The Morgan fingerprint density at radius 2 is 1.80 bits per heavy atom. The van der Waals surface area contributed by atoms with Gasteiger partial charge in [-0.25, -0.2) is 8.42 Å². The minimum Gasteiger partial charge on any atom is -0.748 e. The zero-order valence-corrected chi connectivity index (χ0v) is 12.6. The fourth-order valence-corrected chi connectivity index (χ4v) is 1.42. The van der Waals surface area contributed by atoms with E-state index in [0.29, 0.717) is 6.54 Å². The second-order valence-corrected chi connectivity index (χ2v) is 4.45. The van der Waals surface area contributed by atoms with Crippen molar-refractivity contribution >= 4 is 10.1 Å². The molecule has 4 nitrogen and oxygen atoms in total. The molecule has 0 spiro atoms. The molecule has 0 aliphatic heterocycles. The number of hydrogen-bond acceptors (Lipinski definition) is 4. The van der Waals surface area contributed by atoms with Crippen molar-refractivity contribution in [2.24, 2.45) is 0 Å². The molecule has 1 rings (SSSR count). The molecule has 0 amide bonds. The molecule has 0 heterocycles. The second kappa shape index (κ2) is 7.91. The second-order valence-electron chi connectivity index (χ2n) is 2.92. The quantitative estimate of drug-likeness (QED) is 0.353. The summed E-state index contributed by atoms with van der Waals surface area (Å²) in [6.07, 6.45) is 0. The van der Waals surface area contributed by atoms with Crippen LogP contribution in [0.5, 0.6) is 0 Å². The number of nitrogens with one attached hydrogen (secondary N) is 1. The van der Waals surface area contributed by atoms with Crippen LogP contribution >= 0.6 is 0 Å². The van der Waals surface area contributed by atoms with Crippen molar-refractivity contribution in [1.82, 2.24) is 5.32 Å². The van der Waals surface area contributed by atoms with Crippen LogP contribution in [0, 0.1) is 0 Å². The van der Waals surface area contributed by atoms with Crippen LogP contribution in [0.15, 0.2) is 30.3 Å². The van der Waals surface area contributed by atoms with E-state index in [0.717, 1.165) is 5.56 Å². The summed E-state index contributed by atoms with van der Waals surface area (Å²) in [5.41, 5.74) is 1.07. The van der Waals surface area contributed by atoms with Crippen LogP contribution in [0.2, 0.25) is 0 Å². The van der Waals surface area contributed by atoms with Gasteiger partial charge >= 0.3 is 51.4 Å². The Morgan fingerprint density at radius 3 is 2.33 bits per heavy atom. The van der Waals surface area contributed by atoms with Crippen LogP contribution in [0.25, 0.3) is 0 Å². The molecule has 78 valence electrons. The smallest absolute Gasteiger partial charge is 0.748 e. The molecule has 0 aromatic heterocycles. The van der Waals surface area contributed by atoms with Gasteiger partial charge in [0.2, 0.25) is 0 Å². The van der Waals surface area contributed by atoms with E-state index < -0.39 is 10.1 Å². The van der Waals surface area contributed by atoms with Crippen molar-refractivity contribution in [3.8, 4) is 0 Å². The summed E-state index contributed by atoms with van der Waals surface area (Å²) in [6, 6.07) is 9.58. The predicted octanol–water partition coefficient (Wildman–Crippen LogP) is -2.67. The zero-order valence-electron chi connectivity index (χ0n) is 8.64. The Hall–Kier alpha value is 0.726. The van der Waals surface area contributed by atoms with Gasteiger partial charge in [-0.2, -0.15) is 0 Å². The van der Waals surface area contributed by atoms with E-state index in [-0.39, 0.29) is 63.7 Å². The number of rotatable bonds is 5. The van der Waals surface area contributed by atoms with Gasteiger partial charge in [-0.15, -0.1) is 0 Å². The van der Waals surface area contributed by atoms with Gasteiger partial charge < -0.3 is 9.87 Å². The van der Waals surface area contributed by atoms with Crippen molar-refractivity contribution in [1.29, 1.82) is 0 Å². The minimum atomic E-state index is -4.09. The third-order valence-electron chi connectivity index (χ3n) is 1.70. The molecular formula is C9H12KNO3S. The van der Waals surface area contributed by atoms with E-state index in [4.69, 9.17) is 0 Å². The molecule has 0 saturated carbocycles. The van der Waals surface area contributed by atoms with E-state index >= 15 is 0 Å². The van der Waals surface area contributed by atoms with Gasteiger partial charge in [-0.3, -0.25) is 0 Å². The summed E-state index contributed by atoms with van der Waals surface area (Å²) in [6.45, 7) is 0.775. The number of hydrogen-bond donors (Lipinski definition) is 1. The molecule has 0 unspecified atom stereocenters. The van der Waals surface area contributed by atoms with E-state index in [9.17, 15) is 13.0 Å². The molecule has 1 N–H and O–H groups in total. The fourth-order valence-electron chi connectivity index (χ4n) is 1.03. The molecule has 0 atom stereocenters. The Labute approximate surface area is 133 Å². The van der Waals surface area contributed by atoms with Gasteiger partial charge in [0.05, 0.1) is 15.9 Å². The maximum absolute atomic E-state index is 10.2. The first-order chi connectivity index (χ1) is 6.58. The summed E-state index contributed by atoms with van der Waals surface area (Å²) in [5, 5.41) is 2.88. The first-order valence-corrected chi connectivity index (χ1v) is 5.84. The van der Waals surface area contributed by atoms with Gasteiger partial charge in [-0.05, 0) is 5.56 Å². The van der Waals surface area contributed by atoms with Gasteiger partial charge in [0.1, 0.15) is 0 Å². The Morgan fingerprint density at radius 1 is 1.20 bits per heavy atom. The molecule has 6 heteroatoms. The average molecular weight is 253 g/mol. The summed E-state index contributed by atoms with van der Waals surface area (Å²) in [7, 11) is -4.09. The molecule has 1 aromatic rings. The Bertz CT molecular complexity index is 366. The third kappa shape index (κ3) is 8.53. The number of benzene rings is 1. The first-order valence-electron chi connectivity index (χ1n) is 4.26. The van der Waals surface area contributed by atoms with Gasteiger partial charge in [0.15, 0.2) is 0 Å². The minimum absolute atomic E-state index is 0. The largest absolute Gasteiger partial charge is 1.00 e. The van der Waals surface area contributed by atoms with E-state index in [1.807, 2.05) is 30.3 Å². The van der Waals surface area contributed by atoms with Crippen LogP contribution in [0.4, 0.5) is 0 Å². The standard InChI is InChI=1S/C9H13NO3S.K/c11-14(12,13)7-6-10-8-9-4-2-1-3-5-9;/h1-5,10H,6-8H2,(H,11,12,13);/q;+1/p-1. The molecule has 0 aliphatic carbocycles. The maximum Gasteiger partial charge on any atom is 1.00 e. The third-order valence-corrected chi connectivity index (χ3v) is 2.40. The molecule has 0 radical (unpaired) electrons. The van der Waals surface area contributed by atoms with Crippen LogP contribution < -0.4 is 56.7 Å². The van der Waals surface area contributed by atoms with Crippen molar-refractivity contribution in [3.63, 3.8) is 0 Å². The summed E-state index contributed by atoms with van der Waals surface area (Å²) in [5.74, 6) is -0.361. The van der Waals surface area contributed by atoms with Crippen molar-refractivity contribution < 1.29 is 64.4 Å². The predicted molar refractivity (Wildman–Crippen MR) is 52.7 cm³/mol. The van der Waals surface area contributed by atoms with Gasteiger partial charge in [0.25, 0.3) is 0 Å². The summed E-state index contributed by atoms with van der Waals surface area (Å²) < 4.78 is 30.7.